The molecule has 0 bridgehead atoms. The molecule has 166 valence electrons. The van der Waals surface area contributed by atoms with Gasteiger partial charge in [-0.2, -0.15) is 9.41 Å². The number of rotatable bonds is 7. The molecule has 2 aromatic rings. The van der Waals surface area contributed by atoms with E-state index in [1.54, 1.807) is 37.4 Å². The zero-order valence-electron chi connectivity index (χ0n) is 17.4. The Morgan fingerprint density at radius 3 is 2.48 bits per heavy atom. The lowest BCUT2D eigenvalue weighted by molar-refractivity contribution is -0.122. The van der Waals surface area contributed by atoms with Gasteiger partial charge in [-0.3, -0.25) is 9.69 Å². The first-order valence-electron chi connectivity index (χ1n) is 9.74. The molecule has 0 aliphatic carbocycles. The van der Waals surface area contributed by atoms with E-state index in [2.05, 4.69) is 26.5 Å². The van der Waals surface area contributed by atoms with E-state index < -0.39 is 10.0 Å². The topological polar surface area (TPSA) is 91.3 Å². The summed E-state index contributed by atoms with van der Waals surface area (Å²) in [5.41, 5.74) is 4.25. The average molecular weight is 509 g/mol. The summed E-state index contributed by atoms with van der Waals surface area (Å²) in [5, 5.41) is 4.00. The van der Waals surface area contributed by atoms with Crippen LogP contribution in [0.2, 0.25) is 0 Å². The van der Waals surface area contributed by atoms with Crippen LogP contribution in [0.5, 0.6) is 5.75 Å². The second kappa shape index (κ2) is 10.4. The van der Waals surface area contributed by atoms with E-state index in [9.17, 15) is 13.2 Å². The lowest BCUT2D eigenvalue weighted by Gasteiger charge is -2.33. The highest BCUT2D eigenvalue weighted by Crippen LogP contribution is 2.21. The molecule has 0 spiro atoms. The van der Waals surface area contributed by atoms with Crippen molar-refractivity contribution >= 4 is 38.1 Å². The van der Waals surface area contributed by atoms with Crippen LogP contribution in [0.3, 0.4) is 0 Å². The monoisotopic (exact) mass is 508 g/mol. The van der Waals surface area contributed by atoms with Crippen molar-refractivity contribution in [3.63, 3.8) is 0 Å². The largest absolute Gasteiger partial charge is 0.496 e. The van der Waals surface area contributed by atoms with Crippen molar-refractivity contribution in [1.29, 1.82) is 0 Å². The molecule has 1 fully saturated rings. The highest BCUT2D eigenvalue weighted by Gasteiger charge is 2.28. The number of amides is 1. The molecule has 10 heteroatoms. The SMILES string of the molecule is COc1ccc(Br)cc1/C=N\NC(=O)CN1CCN(S(=O)(=O)c2ccc(C)cc2)CC1. The van der Waals surface area contributed by atoms with Crippen molar-refractivity contribution in [2.24, 2.45) is 5.10 Å². The van der Waals surface area contributed by atoms with Crippen LogP contribution in [0.1, 0.15) is 11.1 Å². The third kappa shape index (κ3) is 6.13. The van der Waals surface area contributed by atoms with Crippen LogP contribution >= 0.6 is 15.9 Å². The van der Waals surface area contributed by atoms with Crippen LogP contribution in [0, 0.1) is 6.92 Å². The van der Waals surface area contributed by atoms with Gasteiger partial charge in [0, 0.05) is 36.2 Å². The summed E-state index contributed by atoms with van der Waals surface area (Å²) in [4.78, 5) is 14.4. The maximum Gasteiger partial charge on any atom is 0.254 e. The fraction of sp³-hybridized carbons (Fsp3) is 0.333. The van der Waals surface area contributed by atoms with E-state index in [0.29, 0.717) is 36.8 Å². The summed E-state index contributed by atoms with van der Waals surface area (Å²) in [6.45, 7) is 3.68. The van der Waals surface area contributed by atoms with E-state index in [1.807, 2.05) is 24.0 Å². The Kier molecular flexibility index (Phi) is 7.82. The highest BCUT2D eigenvalue weighted by atomic mass is 79.9. The van der Waals surface area contributed by atoms with Gasteiger partial charge in [0.15, 0.2) is 0 Å². The minimum atomic E-state index is -3.52. The molecule has 1 N–H and O–H groups in total. The number of sulfonamides is 1. The predicted octanol–water partition coefficient (Wildman–Crippen LogP) is 2.22. The third-order valence-electron chi connectivity index (χ3n) is 4.94. The Labute approximate surface area is 191 Å². The van der Waals surface area contributed by atoms with E-state index in [0.717, 1.165) is 15.6 Å². The minimum absolute atomic E-state index is 0.144. The average Bonchev–Trinajstić information content (AvgIpc) is 2.74. The Balaban J connectivity index is 1.50. The summed E-state index contributed by atoms with van der Waals surface area (Å²) >= 11 is 3.39. The number of aryl methyl sites for hydroxylation is 1. The Morgan fingerprint density at radius 1 is 1.16 bits per heavy atom. The van der Waals surface area contributed by atoms with Crippen molar-refractivity contribution in [2.45, 2.75) is 11.8 Å². The maximum atomic E-state index is 12.8. The van der Waals surface area contributed by atoms with Gasteiger partial charge < -0.3 is 4.74 Å². The predicted molar refractivity (Wildman–Crippen MR) is 123 cm³/mol. The lowest BCUT2D eigenvalue weighted by Crippen LogP contribution is -2.50. The van der Waals surface area contributed by atoms with Crippen molar-refractivity contribution in [1.82, 2.24) is 14.6 Å². The Hall–Kier alpha value is -2.27. The molecule has 2 aromatic carbocycles. The molecule has 1 saturated heterocycles. The minimum Gasteiger partial charge on any atom is -0.496 e. The molecule has 3 rings (SSSR count). The smallest absolute Gasteiger partial charge is 0.254 e. The molecule has 0 unspecified atom stereocenters. The summed E-state index contributed by atoms with van der Waals surface area (Å²) < 4.78 is 33.2. The van der Waals surface area contributed by atoms with E-state index in [4.69, 9.17) is 4.74 Å². The molecular weight excluding hydrogens is 484 g/mol. The van der Waals surface area contributed by atoms with Gasteiger partial charge in [0.1, 0.15) is 5.75 Å². The fourth-order valence-electron chi connectivity index (χ4n) is 3.21. The number of methoxy groups -OCH3 is 1. The Morgan fingerprint density at radius 2 is 1.84 bits per heavy atom. The molecule has 31 heavy (non-hydrogen) atoms. The van der Waals surface area contributed by atoms with Gasteiger partial charge in [0.05, 0.1) is 24.8 Å². The van der Waals surface area contributed by atoms with Gasteiger partial charge in [-0.15, -0.1) is 0 Å². The summed E-state index contributed by atoms with van der Waals surface area (Å²) in [5.74, 6) is 0.382. The molecule has 1 aliphatic rings. The molecule has 1 amide bonds. The van der Waals surface area contributed by atoms with E-state index in [1.165, 1.54) is 10.5 Å². The van der Waals surface area contributed by atoms with E-state index in [-0.39, 0.29) is 12.5 Å². The van der Waals surface area contributed by atoms with Crippen molar-refractivity contribution < 1.29 is 17.9 Å². The maximum absolute atomic E-state index is 12.8. The molecular formula is C21H25BrN4O4S. The number of nitrogens with zero attached hydrogens (tertiary/aromatic N) is 3. The molecule has 8 nitrogen and oxygen atoms in total. The number of halogens is 1. The van der Waals surface area contributed by atoms with Crippen molar-refractivity contribution in [3.8, 4) is 5.75 Å². The molecule has 0 atom stereocenters. The number of hydrazone groups is 1. The second-order valence-corrected chi connectivity index (χ2v) is 10.0. The third-order valence-corrected chi connectivity index (χ3v) is 7.35. The number of hydrogen-bond donors (Lipinski definition) is 1. The van der Waals surface area contributed by atoms with Crippen LogP contribution in [0.25, 0.3) is 0 Å². The van der Waals surface area contributed by atoms with Crippen LogP contribution < -0.4 is 10.2 Å². The first kappa shape index (κ1) is 23.4. The van der Waals surface area contributed by atoms with Crippen molar-refractivity contribution in [2.75, 3.05) is 39.8 Å². The number of ether oxygens (including phenoxy) is 1. The zero-order chi connectivity index (χ0) is 22.4. The normalized spacial score (nSPS) is 15.8. The van der Waals surface area contributed by atoms with Gasteiger partial charge in [0.2, 0.25) is 10.0 Å². The Bertz CT molecular complexity index is 1050. The van der Waals surface area contributed by atoms with Gasteiger partial charge >= 0.3 is 0 Å². The van der Waals surface area contributed by atoms with E-state index >= 15 is 0 Å². The lowest BCUT2D eigenvalue weighted by atomic mass is 10.2. The summed E-state index contributed by atoms with van der Waals surface area (Å²) in [6, 6.07) is 12.3. The van der Waals surface area contributed by atoms with Gasteiger partial charge in [-0.25, -0.2) is 13.8 Å². The number of hydrogen-bond acceptors (Lipinski definition) is 6. The molecule has 0 radical (unpaired) electrons. The first-order chi connectivity index (χ1) is 14.8. The van der Waals surface area contributed by atoms with Crippen LogP contribution in [-0.4, -0.2) is 69.6 Å². The number of carbonyl (C=O) groups is 1. The summed E-state index contributed by atoms with van der Waals surface area (Å²) in [7, 11) is -1.95. The quantitative estimate of drug-likeness (QED) is 0.457. The molecule has 0 aromatic heterocycles. The van der Waals surface area contributed by atoms with Gasteiger partial charge in [-0.1, -0.05) is 33.6 Å². The zero-order valence-corrected chi connectivity index (χ0v) is 19.8. The number of piperazine rings is 1. The highest BCUT2D eigenvalue weighted by molar-refractivity contribution is 9.10. The van der Waals surface area contributed by atoms with Crippen LogP contribution in [-0.2, 0) is 14.8 Å². The van der Waals surface area contributed by atoms with Gasteiger partial charge in [-0.05, 0) is 37.3 Å². The van der Waals surface area contributed by atoms with Gasteiger partial charge in [0.25, 0.3) is 5.91 Å². The molecule has 1 heterocycles. The first-order valence-corrected chi connectivity index (χ1v) is 12.0. The van der Waals surface area contributed by atoms with Crippen LogP contribution in [0.15, 0.2) is 56.9 Å². The summed E-state index contributed by atoms with van der Waals surface area (Å²) in [6.07, 6.45) is 1.52. The molecule has 1 aliphatic heterocycles. The van der Waals surface area contributed by atoms with Crippen molar-refractivity contribution in [3.05, 3.63) is 58.1 Å². The second-order valence-electron chi connectivity index (χ2n) is 7.17. The molecule has 0 saturated carbocycles. The number of nitrogens with one attached hydrogen (secondary N) is 1. The number of carbonyl (C=O) groups excluding carboxylic acids is 1. The fourth-order valence-corrected chi connectivity index (χ4v) is 5.01. The number of benzene rings is 2. The standard InChI is InChI=1S/C21H25BrN4O4S/c1-16-3-6-19(7-4-16)31(28,29)26-11-9-25(10-12-26)15-21(27)24-23-14-17-13-18(22)5-8-20(17)30-2/h3-8,13-14H,9-12,15H2,1-2H3,(H,24,27)/b23-14-. The van der Waals surface area contributed by atoms with Crippen LogP contribution in [0.4, 0.5) is 0 Å².